The average molecular weight is 532 g/mol. The Morgan fingerprint density at radius 1 is 1.19 bits per heavy atom. The number of ether oxygens (including phenoxy) is 1. The molecule has 0 atom stereocenters. The summed E-state index contributed by atoms with van der Waals surface area (Å²) >= 11 is 0. The van der Waals surface area contributed by atoms with E-state index in [1.54, 1.807) is 24.0 Å². The minimum Gasteiger partial charge on any atom is -0.494 e. The minimum atomic E-state index is -3.20. The van der Waals surface area contributed by atoms with E-state index in [1.807, 2.05) is 0 Å². The van der Waals surface area contributed by atoms with Crippen molar-refractivity contribution in [3.8, 4) is 17.3 Å². The van der Waals surface area contributed by atoms with Crippen molar-refractivity contribution in [2.75, 3.05) is 13.4 Å². The number of benzene rings is 1. The number of carbonyl (C=O) groups excluding carboxylic acids is 1. The van der Waals surface area contributed by atoms with Crippen molar-refractivity contribution in [3.63, 3.8) is 0 Å². The summed E-state index contributed by atoms with van der Waals surface area (Å²) in [6.07, 6.45) is 6.16. The molecule has 0 saturated heterocycles. The van der Waals surface area contributed by atoms with Gasteiger partial charge in [0.25, 0.3) is 5.91 Å². The van der Waals surface area contributed by atoms with Gasteiger partial charge in [-0.2, -0.15) is 0 Å². The molecule has 0 spiro atoms. The van der Waals surface area contributed by atoms with Gasteiger partial charge in [0.2, 0.25) is 10.0 Å². The van der Waals surface area contributed by atoms with Crippen molar-refractivity contribution < 1.29 is 22.3 Å². The number of hydrogen-bond acceptors (Lipinski definition) is 8. The quantitative estimate of drug-likeness (QED) is 0.428. The van der Waals surface area contributed by atoms with Gasteiger partial charge in [0.1, 0.15) is 23.5 Å². The molecule has 1 saturated carbocycles. The monoisotopic (exact) mass is 531 g/mol. The van der Waals surface area contributed by atoms with Crippen molar-refractivity contribution in [2.45, 2.75) is 51.7 Å². The van der Waals surface area contributed by atoms with E-state index in [2.05, 4.69) is 30.1 Å². The van der Waals surface area contributed by atoms with Gasteiger partial charge in [-0.1, -0.05) is 6.07 Å². The Bertz CT molecular complexity index is 1370. The summed E-state index contributed by atoms with van der Waals surface area (Å²) in [6, 6.07) is 5.90. The highest BCUT2D eigenvalue weighted by atomic mass is 32.2. The third kappa shape index (κ3) is 7.29. The van der Waals surface area contributed by atoms with Gasteiger partial charge in [-0.25, -0.2) is 32.5 Å². The van der Waals surface area contributed by atoms with Crippen LogP contribution < -0.4 is 14.8 Å². The molecule has 1 fully saturated rings. The first-order chi connectivity index (χ1) is 17.6. The zero-order valence-corrected chi connectivity index (χ0v) is 21.8. The molecular formula is C24H30FN7O4S. The van der Waals surface area contributed by atoms with Gasteiger partial charge >= 0.3 is 0 Å². The van der Waals surface area contributed by atoms with Gasteiger partial charge in [-0.05, 0) is 62.3 Å². The van der Waals surface area contributed by atoms with Gasteiger partial charge in [-0.3, -0.25) is 9.48 Å². The Hall–Kier alpha value is -3.45. The zero-order valence-electron chi connectivity index (χ0n) is 20.9. The second-order valence-corrected chi connectivity index (χ2v) is 11.0. The number of aromatic nitrogens is 5. The van der Waals surface area contributed by atoms with Crippen LogP contribution in [0.25, 0.3) is 11.5 Å². The van der Waals surface area contributed by atoms with Crippen LogP contribution in [0.1, 0.15) is 47.6 Å². The number of amides is 1. The number of sulfonamides is 1. The molecule has 3 aromatic rings. The molecule has 0 unspecified atom stereocenters. The number of methoxy groups -OCH3 is 1. The summed E-state index contributed by atoms with van der Waals surface area (Å²) in [7, 11) is -1.82. The summed E-state index contributed by atoms with van der Waals surface area (Å²) < 4.78 is 45.9. The standard InChI is InChI=1S/C24H30FN7O4S/c1-15-28-20(11-21(29-15)24(33)26-12-17-6-9-19(25)22(10-17)36-2)23-27-14-32(30-23)13-16-4-7-18(8-5-16)31-37(3,34)35/h6,9-11,14,16,18,31H,4-5,7-8,12-13H2,1-3H3,(H,26,33). The van der Waals surface area contributed by atoms with E-state index in [1.165, 1.54) is 31.6 Å². The fourth-order valence-corrected chi connectivity index (χ4v) is 5.26. The van der Waals surface area contributed by atoms with Crippen molar-refractivity contribution >= 4 is 15.9 Å². The molecule has 11 nitrogen and oxygen atoms in total. The van der Waals surface area contributed by atoms with Gasteiger partial charge in [0.05, 0.1) is 13.4 Å². The smallest absolute Gasteiger partial charge is 0.270 e. The number of rotatable bonds is 9. The van der Waals surface area contributed by atoms with Gasteiger partial charge in [0.15, 0.2) is 17.4 Å². The lowest BCUT2D eigenvalue weighted by Crippen LogP contribution is -2.37. The zero-order chi connectivity index (χ0) is 26.6. The first-order valence-electron chi connectivity index (χ1n) is 11.9. The number of nitrogens with one attached hydrogen (secondary N) is 2. The molecule has 0 bridgehead atoms. The van der Waals surface area contributed by atoms with Crippen LogP contribution in [-0.4, -0.2) is 58.5 Å². The van der Waals surface area contributed by atoms with Crippen LogP contribution in [-0.2, 0) is 23.1 Å². The van der Waals surface area contributed by atoms with E-state index in [4.69, 9.17) is 4.74 Å². The Morgan fingerprint density at radius 3 is 2.65 bits per heavy atom. The molecule has 1 aliphatic rings. The number of hydrogen-bond donors (Lipinski definition) is 2. The van der Waals surface area contributed by atoms with Gasteiger partial charge in [-0.15, -0.1) is 5.10 Å². The minimum absolute atomic E-state index is 0.0174. The SMILES string of the molecule is COc1cc(CNC(=O)c2cc(-c3ncn(CC4CCC(NS(C)(=O)=O)CC4)n3)nc(C)n2)ccc1F. The van der Waals surface area contributed by atoms with Crippen molar-refractivity contribution in [1.29, 1.82) is 0 Å². The van der Waals surface area contributed by atoms with Crippen LogP contribution in [0.3, 0.4) is 0 Å². The van der Waals surface area contributed by atoms with E-state index in [0.29, 0.717) is 35.4 Å². The lowest BCUT2D eigenvalue weighted by atomic mass is 9.86. The lowest BCUT2D eigenvalue weighted by molar-refractivity contribution is 0.0945. The number of aryl methyl sites for hydroxylation is 1. The van der Waals surface area contributed by atoms with Crippen LogP contribution in [0, 0.1) is 18.7 Å². The fraction of sp³-hybridized carbons (Fsp3) is 0.458. The molecule has 37 heavy (non-hydrogen) atoms. The van der Waals surface area contributed by atoms with Crippen molar-refractivity contribution in [1.82, 2.24) is 34.8 Å². The predicted octanol–water partition coefficient (Wildman–Crippen LogP) is 2.23. The maximum atomic E-state index is 13.6. The largest absolute Gasteiger partial charge is 0.494 e. The average Bonchev–Trinajstić information content (AvgIpc) is 3.32. The first-order valence-corrected chi connectivity index (χ1v) is 13.8. The third-order valence-corrected chi connectivity index (χ3v) is 6.94. The lowest BCUT2D eigenvalue weighted by Gasteiger charge is -2.28. The van der Waals surface area contributed by atoms with E-state index in [-0.39, 0.29) is 24.0 Å². The maximum Gasteiger partial charge on any atom is 0.270 e. The highest BCUT2D eigenvalue weighted by Gasteiger charge is 2.24. The van der Waals surface area contributed by atoms with Crippen LogP contribution in [0.5, 0.6) is 5.75 Å². The number of carbonyl (C=O) groups is 1. The van der Waals surface area contributed by atoms with Gasteiger partial charge in [0, 0.05) is 19.1 Å². The van der Waals surface area contributed by atoms with E-state index in [9.17, 15) is 17.6 Å². The summed E-state index contributed by atoms with van der Waals surface area (Å²) in [6.45, 7) is 2.52. The Morgan fingerprint density at radius 2 is 1.95 bits per heavy atom. The van der Waals surface area contributed by atoms with E-state index >= 15 is 0 Å². The van der Waals surface area contributed by atoms with Crippen LogP contribution in [0.4, 0.5) is 4.39 Å². The van der Waals surface area contributed by atoms with Crippen molar-refractivity contribution in [3.05, 3.63) is 53.5 Å². The molecule has 1 aromatic carbocycles. The maximum absolute atomic E-state index is 13.6. The van der Waals surface area contributed by atoms with Crippen molar-refractivity contribution in [2.24, 2.45) is 5.92 Å². The molecule has 198 valence electrons. The van der Waals surface area contributed by atoms with Gasteiger partial charge < -0.3 is 10.1 Å². The molecule has 13 heteroatoms. The normalized spacial score (nSPS) is 17.9. The summed E-state index contributed by atoms with van der Waals surface area (Å²) in [4.78, 5) is 25.7. The van der Waals surface area contributed by atoms with E-state index < -0.39 is 21.7 Å². The van der Waals surface area contributed by atoms with E-state index in [0.717, 1.165) is 25.7 Å². The number of nitrogens with zero attached hydrogens (tertiary/aromatic N) is 5. The second-order valence-electron chi connectivity index (χ2n) is 9.24. The molecule has 2 aromatic heterocycles. The van der Waals surface area contributed by atoms with Crippen LogP contribution in [0.15, 0.2) is 30.6 Å². The second kappa shape index (κ2) is 11.3. The summed E-state index contributed by atoms with van der Waals surface area (Å²) in [5.41, 5.74) is 1.28. The Balaban J connectivity index is 1.38. The Kier molecular flexibility index (Phi) is 8.13. The Labute approximate surface area is 214 Å². The highest BCUT2D eigenvalue weighted by Crippen LogP contribution is 2.26. The molecule has 0 aliphatic heterocycles. The summed E-state index contributed by atoms with van der Waals surface area (Å²) in [5.74, 6) is 0.374. The third-order valence-electron chi connectivity index (χ3n) is 6.18. The molecular weight excluding hydrogens is 501 g/mol. The number of halogens is 1. The molecule has 4 rings (SSSR count). The highest BCUT2D eigenvalue weighted by molar-refractivity contribution is 7.88. The molecule has 2 N–H and O–H groups in total. The first kappa shape index (κ1) is 26.6. The predicted molar refractivity (Wildman–Crippen MR) is 134 cm³/mol. The molecule has 1 amide bonds. The van der Waals surface area contributed by atoms with Crippen LogP contribution in [0.2, 0.25) is 0 Å². The summed E-state index contributed by atoms with van der Waals surface area (Å²) in [5, 5.41) is 7.31. The molecule has 0 radical (unpaired) electrons. The fourth-order valence-electron chi connectivity index (χ4n) is 4.42. The molecule has 1 aliphatic carbocycles. The topological polar surface area (TPSA) is 141 Å². The molecule has 2 heterocycles. The van der Waals surface area contributed by atoms with Crippen LogP contribution >= 0.6 is 0 Å².